The molecule has 0 fully saturated rings. The molecule has 3 rings (SSSR count). The van der Waals surface area contributed by atoms with Gasteiger partial charge < -0.3 is 16.8 Å². The van der Waals surface area contributed by atoms with Crippen molar-refractivity contribution in [1.82, 2.24) is 25.5 Å². The van der Waals surface area contributed by atoms with Crippen LogP contribution in [0.25, 0.3) is 0 Å². The average molecular weight is 435 g/mol. The van der Waals surface area contributed by atoms with E-state index in [9.17, 15) is 14.4 Å². The fraction of sp³-hybridized carbons (Fsp3) is 0.273. The van der Waals surface area contributed by atoms with E-state index < -0.39 is 23.9 Å². The second kappa shape index (κ2) is 10.9. The van der Waals surface area contributed by atoms with E-state index in [1.54, 1.807) is 24.3 Å². The zero-order chi connectivity index (χ0) is 22.9. The molecule has 3 aromatic rings. The Labute approximate surface area is 185 Å². The van der Waals surface area contributed by atoms with Crippen molar-refractivity contribution in [2.45, 2.75) is 31.2 Å². The molecule has 2 aromatic carbocycles. The highest BCUT2D eigenvalue weighted by atomic mass is 16.2. The van der Waals surface area contributed by atoms with Crippen LogP contribution in [-0.4, -0.2) is 50.5 Å². The Hall–Kier alpha value is -3.92. The number of tetrazole rings is 1. The minimum Gasteiger partial charge on any atom is -0.370 e. The predicted octanol–water partition coefficient (Wildman–Crippen LogP) is 0.767. The lowest BCUT2D eigenvalue weighted by atomic mass is 9.89. The van der Waals surface area contributed by atoms with Gasteiger partial charge in [-0.2, -0.15) is 0 Å². The second-order valence-corrected chi connectivity index (χ2v) is 7.26. The summed E-state index contributed by atoms with van der Waals surface area (Å²) >= 11 is 0. The number of nitrogens with zero attached hydrogens (tertiary/aromatic N) is 4. The van der Waals surface area contributed by atoms with Crippen LogP contribution >= 0.6 is 0 Å². The molecule has 166 valence electrons. The molecule has 0 spiro atoms. The Bertz CT molecular complexity index is 1050. The molecule has 0 aliphatic carbocycles. The highest BCUT2D eigenvalue weighted by Gasteiger charge is 2.31. The summed E-state index contributed by atoms with van der Waals surface area (Å²) < 4.78 is 0. The molecular weight excluding hydrogens is 410 g/mol. The zero-order valence-electron chi connectivity index (χ0n) is 17.4. The van der Waals surface area contributed by atoms with Gasteiger partial charge in [0.1, 0.15) is 5.92 Å². The van der Waals surface area contributed by atoms with Crippen molar-refractivity contribution in [3.63, 3.8) is 0 Å². The highest BCUT2D eigenvalue weighted by Crippen LogP contribution is 2.24. The van der Waals surface area contributed by atoms with Gasteiger partial charge in [0.2, 0.25) is 5.91 Å². The predicted molar refractivity (Wildman–Crippen MR) is 116 cm³/mol. The Kier molecular flexibility index (Phi) is 7.76. The molecule has 1 aromatic heterocycles. The van der Waals surface area contributed by atoms with Crippen LogP contribution in [0.4, 0.5) is 4.79 Å². The van der Waals surface area contributed by atoms with Crippen LogP contribution in [0, 0.1) is 0 Å². The van der Waals surface area contributed by atoms with Crippen LogP contribution in [-0.2, 0) is 16.0 Å². The van der Waals surface area contributed by atoms with Crippen LogP contribution in [0.5, 0.6) is 0 Å². The van der Waals surface area contributed by atoms with Crippen molar-refractivity contribution in [2.75, 3.05) is 6.54 Å². The van der Waals surface area contributed by atoms with E-state index in [0.29, 0.717) is 18.5 Å². The van der Waals surface area contributed by atoms with Gasteiger partial charge in [-0.3, -0.25) is 9.59 Å². The summed E-state index contributed by atoms with van der Waals surface area (Å²) in [6.45, 7) is 0.388. The summed E-state index contributed by atoms with van der Waals surface area (Å²) in [5.74, 6) is -1.80. The third-order valence-corrected chi connectivity index (χ3v) is 4.89. The van der Waals surface area contributed by atoms with Gasteiger partial charge in [0.15, 0.2) is 11.6 Å². The Balaban J connectivity index is 1.72. The summed E-state index contributed by atoms with van der Waals surface area (Å²) in [7, 11) is 0. The van der Waals surface area contributed by atoms with Crippen LogP contribution in [0.15, 0.2) is 60.7 Å². The van der Waals surface area contributed by atoms with E-state index in [1.165, 1.54) is 0 Å². The van der Waals surface area contributed by atoms with Crippen molar-refractivity contribution in [3.8, 4) is 0 Å². The van der Waals surface area contributed by atoms with Gasteiger partial charge in [-0.05, 0) is 29.2 Å². The number of nitrogens with two attached hydrogens (primary N) is 2. The van der Waals surface area contributed by atoms with E-state index >= 15 is 0 Å². The average Bonchev–Trinajstić information content (AvgIpc) is 3.28. The number of carbonyl (C=O) groups excluding carboxylic acids is 3. The molecule has 2 atom stereocenters. The summed E-state index contributed by atoms with van der Waals surface area (Å²) in [4.78, 5) is 37.4. The molecule has 32 heavy (non-hydrogen) atoms. The Morgan fingerprint density at radius 3 is 2.31 bits per heavy atom. The maximum atomic E-state index is 13.1. The molecule has 0 radical (unpaired) electrons. The minimum atomic E-state index is -0.945. The third-order valence-electron chi connectivity index (χ3n) is 4.89. The van der Waals surface area contributed by atoms with Crippen LogP contribution in [0.3, 0.4) is 0 Å². The maximum absolute atomic E-state index is 13.1. The topological polar surface area (TPSA) is 159 Å². The number of nitrogens with one attached hydrogen (secondary N) is 1. The molecule has 10 nitrogen and oxygen atoms in total. The largest absolute Gasteiger partial charge is 0.370 e. The Morgan fingerprint density at radius 1 is 1.00 bits per heavy atom. The molecule has 5 N–H and O–H groups in total. The first-order chi connectivity index (χ1) is 15.5. The molecule has 0 bridgehead atoms. The maximum Gasteiger partial charge on any atom is 0.360 e. The summed E-state index contributed by atoms with van der Waals surface area (Å²) in [5, 5.41) is 14.6. The van der Waals surface area contributed by atoms with Gasteiger partial charge in [-0.25, -0.2) is 4.79 Å². The van der Waals surface area contributed by atoms with E-state index in [4.69, 9.17) is 11.5 Å². The molecule has 1 heterocycles. The molecule has 0 aliphatic rings. The normalized spacial score (nSPS) is 12.7. The number of rotatable bonds is 10. The minimum absolute atomic E-state index is 0.0155. The lowest BCUT2D eigenvalue weighted by molar-refractivity contribution is -0.121. The number of aromatic nitrogens is 4. The van der Waals surface area contributed by atoms with Gasteiger partial charge in [0.25, 0.3) is 0 Å². The Morgan fingerprint density at radius 2 is 1.66 bits per heavy atom. The number of carbonyl (C=O) groups is 3. The first kappa shape index (κ1) is 22.8. The van der Waals surface area contributed by atoms with Gasteiger partial charge in [-0.15, -0.1) is 10.2 Å². The van der Waals surface area contributed by atoms with E-state index in [2.05, 4.69) is 20.7 Å². The highest BCUT2D eigenvalue weighted by molar-refractivity contribution is 5.92. The van der Waals surface area contributed by atoms with E-state index in [0.717, 1.165) is 10.4 Å². The van der Waals surface area contributed by atoms with Crippen molar-refractivity contribution >= 4 is 17.7 Å². The van der Waals surface area contributed by atoms with Crippen molar-refractivity contribution in [1.29, 1.82) is 0 Å². The van der Waals surface area contributed by atoms with Gasteiger partial charge in [0, 0.05) is 13.0 Å². The molecule has 0 saturated heterocycles. The molecule has 0 saturated carbocycles. The number of hydrogen-bond acceptors (Lipinski definition) is 7. The van der Waals surface area contributed by atoms with E-state index in [1.807, 2.05) is 36.4 Å². The number of benzene rings is 2. The lowest BCUT2D eigenvalue weighted by Crippen LogP contribution is -2.36. The third kappa shape index (κ3) is 6.05. The van der Waals surface area contributed by atoms with Crippen LogP contribution in [0.2, 0.25) is 0 Å². The van der Waals surface area contributed by atoms with Crippen molar-refractivity contribution in [3.05, 3.63) is 77.6 Å². The van der Waals surface area contributed by atoms with E-state index in [-0.39, 0.29) is 24.4 Å². The fourth-order valence-corrected chi connectivity index (χ4v) is 3.20. The van der Waals surface area contributed by atoms with Crippen LogP contribution < -0.4 is 16.8 Å². The van der Waals surface area contributed by atoms with Gasteiger partial charge in [-0.1, -0.05) is 65.5 Å². The number of primary amides is 1. The fourth-order valence-electron chi connectivity index (χ4n) is 3.20. The first-order valence-electron chi connectivity index (χ1n) is 10.2. The summed E-state index contributed by atoms with van der Waals surface area (Å²) in [6, 6.07) is 17.0. The monoisotopic (exact) mass is 435 g/mol. The molecule has 0 aliphatic heterocycles. The van der Waals surface area contributed by atoms with Gasteiger partial charge >= 0.3 is 6.03 Å². The molecule has 2 amide bonds. The first-order valence-corrected chi connectivity index (χ1v) is 10.2. The molecule has 1 unspecified atom stereocenters. The molecule has 10 heteroatoms. The lowest BCUT2D eigenvalue weighted by Gasteiger charge is -2.17. The molecular formula is C22H25N7O3. The summed E-state index contributed by atoms with van der Waals surface area (Å²) in [5.41, 5.74) is 12.9. The number of Topliss-reactive ketones (excluding diaryl/α,β-unsaturated/α-hetero) is 1. The van der Waals surface area contributed by atoms with Crippen molar-refractivity contribution in [2.24, 2.45) is 11.5 Å². The zero-order valence-corrected chi connectivity index (χ0v) is 17.4. The van der Waals surface area contributed by atoms with Crippen molar-refractivity contribution < 1.29 is 14.4 Å². The number of hydrogen-bond donors (Lipinski definition) is 3. The number of amides is 2. The van der Waals surface area contributed by atoms with Crippen LogP contribution in [0.1, 0.15) is 35.7 Å². The smallest absolute Gasteiger partial charge is 0.360 e. The summed E-state index contributed by atoms with van der Waals surface area (Å²) in [6.07, 6.45) is 0.734. The van der Waals surface area contributed by atoms with Gasteiger partial charge in [0.05, 0.1) is 6.04 Å². The SMILES string of the molecule is NC(=O)CC[C@H](N)C(=O)C(c1ccccc1)c1nnn(C(=O)NCCc2ccccc2)n1. The quantitative estimate of drug-likeness (QED) is 0.424. The second-order valence-electron chi connectivity index (χ2n) is 7.26. The standard InChI is InChI=1S/C22H25N7O3/c23-17(11-12-18(24)30)20(31)19(16-9-5-2-6-10-16)21-26-28-29(27-21)22(32)25-14-13-15-7-3-1-4-8-15/h1-10,17,19H,11-14,23H2,(H2,24,30)(H,25,32)/t17-,19?/m0/s1. The number of ketones is 1.